The monoisotopic (exact) mass is 543 g/mol. The molecule has 1 N–H and O–H groups in total. The molecule has 2 aromatic heterocycles. The Labute approximate surface area is 237 Å². The van der Waals surface area contributed by atoms with Gasteiger partial charge in [0.1, 0.15) is 5.69 Å². The lowest BCUT2D eigenvalue weighted by atomic mass is 10.0. The first-order valence-electron chi connectivity index (χ1n) is 13.7. The molecule has 2 heterocycles. The minimum Gasteiger partial charge on any atom is -0.371 e. The number of hydrogen-bond donors (Lipinski definition) is 1. The SMILES string of the molecule is O=C(N[C@@H]1CCC[C@H]1OCc1ccccc1)c1cncn1-c1cccc(-c2cccc3c2sc2ccccc23)c1. The van der Waals surface area contributed by atoms with E-state index in [9.17, 15) is 4.79 Å². The van der Waals surface area contributed by atoms with Gasteiger partial charge in [-0.3, -0.25) is 9.36 Å². The summed E-state index contributed by atoms with van der Waals surface area (Å²) in [6, 6.07) is 33.5. The summed E-state index contributed by atoms with van der Waals surface area (Å²) in [7, 11) is 0. The van der Waals surface area contributed by atoms with E-state index in [2.05, 4.69) is 77.0 Å². The highest BCUT2D eigenvalue weighted by Gasteiger charge is 2.30. The van der Waals surface area contributed by atoms with Crippen molar-refractivity contribution in [2.75, 3.05) is 0 Å². The van der Waals surface area contributed by atoms with Gasteiger partial charge >= 0.3 is 0 Å². The van der Waals surface area contributed by atoms with E-state index in [0.717, 1.165) is 36.1 Å². The van der Waals surface area contributed by atoms with E-state index in [4.69, 9.17) is 4.74 Å². The molecular weight excluding hydrogens is 514 g/mol. The zero-order valence-electron chi connectivity index (χ0n) is 22.0. The van der Waals surface area contributed by atoms with Gasteiger partial charge < -0.3 is 10.1 Å². The van der Waals surface area contributed by atoms with Crippen LogP contribution in [-0.4, -0.2) is 27.6 Å². The van der Waals surface area contributed by atoms with Crippen LogP contribution < -0.4 is 5.32 Å². The number of ether oxygens (including phenoxy) is 1. The zero-order valence-corrected chi connectivity index (χ0v) is 22.8. The van der Waals surface area contributed by atoms with Crippen molar-refractivity contribution in [1.29, 1.82) is 0 Å². The van der Waals surface area contributed by atoms with E-state index in [1.54, 1.807) is 12.5 Å². The molecule has 0 unspecified atom stereocenters. The van der Waals surface area contributed by atoms with Crippen molar-refractivity contribution in [1.82, 2.24) is 14.9 Å². The summed E-state index contributed by atoms with van der Waals surface area (Å²) >= 11 is 1.82. The number of amides is 1. The summed E-state index contributed by atoms with van der Waals surface area (Å²) in [4.78, 5) is 17.8. The lowest BCUT2D eigenvalue weighted by Crippen LogP contribution is -2.41. The van der Waals surface area contributed by atoms with E-state index in [0.29, 0.717) is 12.3 Å². The number of rotatable bonds is 7. The second-order valence-corrected chi connectivity index (χ2v) is 11.4. The Morgan fingerprint density at radius 3 is 2.67 bits per heavy atom. The van der Waals surface area contributed by atoms with Crippen molar-refractivity contribution in [3.8, 4) is 16.8 Å². The Hall–Kier alpha value is -4.26. The number of fused-ring (bicyclic) bond motifs is 3. The van der Waals surface area contributed by atoms with Crippen LogP contribution in [0.3, 0.4) is 0 Å². The van der Waals surface area contributed by atoms with Gasteiger partial charge in [-0.1, -0.05) is 78.9 Å². The van der Waals surface area contributed by atoms with Crippen molar-refractivity contribution in [2.45, 2.75) is 38.0 Å². The van der Waals surface area contributed by atoms with E-state index < -0.39 is 0 Å². The highest BCUT2D eigenvalue weighted by molar-refractivity contribution is 7.26. The minimum atomic E-state index is -0.130. The molecule has 0 radical (unpaired) electrons. The van der Waals surface area contributed by atoms with Crippen LogP contribution in [0.15, 0.2) is 110 Å². The van der Waals surface area contributed by atoms with Gasteiger partial charge in [-0.2, -0.15) is 0 Å². The molecule has 40 heavy (non-hydrogen) atoms. The molecule has 7 rings (SSSR count). The fourth-order valence-electron chi connectivity index (χ4n) is 5.78. The Bertz CT molecular complexity index is 1810. The molecule has 0 spiro atoms. The number of hydrogen-bond acceptors (Lipinski definition) is 4. The Balaban J connectivity index is 1.13. The van der Waals surface area contributed by atoms with Gasteiger partial charge in [-0.15, -0.1) is 11.3 Å². The Morgan fingerprint density at radius 2 is 1.75 bits per heavy atom. The third-order valence-electron chi connectivity index (χ3n) is 7.79. The Morgan fingerprint density at radius 1 is 0.925 bits per heavy atom. The van der Waals surface area contributed by atoms with Crippen LogP contribution in [0.2, 0.25) is 0 Å². The fourth-order valence-corrected chi connectivity index (χ4v) is 7.02. The number of benzene rings is 4. The average molecular weight is 544 g/mol. The lowest BCUT2D eigenvalue weighted by molar-refractivity contribution is 0.0271. The highest BCUT2D eigenvalue weighted by Crippen LogP contribution is 2.40. The third kappa shape index (κ3) is 4.70. The number of nitrogens with zero attached hydrogens (tertiary/aromatic N) is 2. The summed E-state index contributed by atoms with van der Waals surface area (Å²) < 4.78 is 10.6. The maximum absolute atomic E-state index is 13.5. The fraction of sp³-hybridized carbons (Fsp3) is 0.176. The normalized spacial score (nSPS) is 17.0. The molecule has 6 heteroatoms. The molecule has 1 fully saturated rings. The van der Waals surface area contributed by atoms with E-state index >= 15 is 0 Å². The third-order valence-corrected chi connectivity index (χ3v) is 9.01. The van der Waals surface area contributed by atoms with Crippen molar-refractivity contribution >= 4 is 37.4 Å². The van der Waals surface area contributed by atoms with Crippen molar-refractivity contribution < 1.29 is 9.53 Å². The number of thiophene rings is 1. The van der Waals surface area contributed by atoms with Gasteiger partial charge in [0, 0.05) is 25.9 Å². The predicted molar refractivity (Wildman–Crippen MR) is 162 cm³/mol. The number of nitrogens with one attached hydrogen (secondary N) is 1. The summed E-state index contributed by atoms with van der Waals surface area (Å²) in [5.41, 5.74) is 4.87. The van der Waals surface area contributed by atoms with Gasteiger partial charge in [-0.05, 0) is 54.2 Å². The standard InChI is InChI=1S/C34H29N3O2S/c38-34(36-29-16-8-17-31(29)39-21-23-9-2-1-3-10-23)30-20-35-22-37(30)25-12-6-11-24(19-25)26-14-7-15-28-27-13-4-5-18-32(27)40-33(26)28/h1-7,9-15,18-20,22,29,31H,8,16-17,21H2,(H,36,38)/t29-,31-/m1/s1. The molecule has 0 saturated heterocycles. The molecule has 1 aliphatic rings. The van der Waals surface area contributed by atoms with Crippen LogP contribution in [0.1, 0.15) is 35.3 Å². The zero-order chi connectivity index (χ0) is 26.9. The second-order valence-electron chi connectivity index (χ2n) is 10.3. The molecule has 2 atom stereocenters. The molecule has 1 aliphatic carbocycles. The summed E-state index contributed by atoms with van der Waals surface area (Å²) in [6.45, 7) is 0.551. The van der Waals surface area contributed by atoms with Gasteiger partial charge in [0.2, 0.25) is 0 Å². The molecule has 6 aromatic rings. The lowest BCUT2D eigenvalue weighted by Gasteiger charge is -2.22. The number of aromatic nitrogens is 2. The average Bonchev–Trinajstić information content (AvgIpc) is 3.75. The molecule has 1 amide bonds. The largest absolute Gasteiger partial charge is 0.371 e. The van der Waals surface area contributed by atoms with Crippen molar-refractivity contribution in [3.63, 3.8) is 0 Å². The van der Waals surface area contributed by atoms with E-state index in [1.807, 2.05) is 46.2 Å². The van der Waals surface area contributed by atoms with Crippen molar-refractivity contribution in [2.24, 2.45) is 0 Å². The van der Waals surface area contributed by atoms with Gasteiger partial charge in [0.25, 0.3) is 5.91 Å². The maximum Gasteiger partial charge on any atom is 0.270 e. The topological polar surface area (TPSA) is 56.1 Å². The predicted octanol–water partition coefficient (Wildman–Crippen LogP) is 7.77. The van der Waals surface area contributed by atoms with Gasteiger partial charge in [0.05, 0.1) is 31.3 Å². The maximum atomic E-state index is 13.5. The highest BCUT2D eigenvalue weighted by atomic mass is 32.1. The van der Waals surface area contributed by atoms with Gasteiger partial charge in [-0.25, -0.2) is 4.98 Å². The number of carbonyl (C=O) groups is 1. The second kappa shape index (κ2) is 10.7. The van der Waals surface area contributed by atoms with Crippen LogP contribution in [0.5, 0.6) is 0 Å². The molecule has 4 aromatic carbocycles. The van der Waals surface area contributed by atoms with E-state index in [1.165, 1.54) is 25.7 Å². The quantitative estimate of drug-likeness (QED) is 0.224. The molecular formula is C34H29N3O2S. The summed E-state index contributed by atoms with van der Waals surface area (Å²) in [5, 5.41) is 5.79. The van der Waals surface area contributed by atoms with Crippen LogP contribution in [0.25, 0.3) is 37.0 Å². The van der Waals surface area contributed by atoms with Crippen LogP contribution in [-0.2, 0) is 11.3 Å². The smallest absolute Gasteiger partial charge is 0.270 e. The molecule has 1 saturated carbocycles. The Kier molecular flexibility index (Phi) is 6.63. The molecule has 5 nitrogen and oxygen atoms in total. The van der Waals surface area contributed by atoms with E-state index in [-0.39, 0.29) is 18.1 Å². The van der Waals surface area contributed by atoms with Crippen LogP contribution >= 0.6 is 11.3 Å². The summed E-state index contributed by atoms with van der Waals surface area (Å²) in [5.74, 6) is -0.130. The first kappa shape index (κ1) is 24.8. The first-order valence-corrected chi connectivity index (χ1v) is 14.6. The minimum absolute atomic E-state index is 0.00524. The first-order chi connectivity index (χ1) is 19.7. The van der Waals surface area contributed by atoms with Crippen LogP contribution in [0, 0.1) is 0 Å². The van der Waals surface area contributed by atoms with Crippen LogP contribution in [0.4, 0.5) is 0 Å². The van der Waals surface area contributed by atoms with Crippen molar-refractivity contribution in [3.05, 3.63) is 121 Å². The molecule has 0 bridgehead atoms. The molecule has 198 valence electrons. The number of carbonyl (C=O) groups excluding carboxylic acids is 1. The number of imidazole rings is 1. The molecule has 0 aliphatic heterocycles. The summed E-state index contributed by atoms with van der Waals surface area (Å²) in [6.07, 6.45) is 6.26. The van der Waals surface area contributed by atoms with Gasteiger partial charge in [0.15, 0.2) is 0 Å².